The summed E-state index contributed by atoms with van der Waals surface area (Å²) in [5, 5.41) is 23.4. The Kier molecular flexibility index (Phi) is 5.59. The summed E-state index contributed by atoms with van der Waals surface area (Å²) in [4.78, 5) is 13.7. The highest BCUT2D eigenvalue weighted by Crippen LogP contribution is 2.36. The molecule has 0 spiro atoms. The van der Waals surface area contributed by atoms with E-state index in [1.807, 2.05) is 72.8 Å². The van der Waals surface area contributed by atoms with Gasteiger partial charge in [0.25, 0.3) is 0 Å². The van der Waals surface area contributed by atoms with Gasteiger partial charge in [0.2, 0.25) is 0 Å². The van der Waals surface area contributed by atoms with Gasteiger partial charge in [-0.15, -0.1) is 11.5 Å². The fourth-order valence-corrected chi connectivity index (χ4v) is 4.14. The number of hydrogen-bond acceptors (Lipinski definition) is 5. The van der Waals surface area contributed by atoms with Gasteiger partial charge in [-0.1, -0.05) is 64.5 Å². The maximum Gasteiger partial charge on any atom is 0.0900 e. The van der Waals surface area contributed by atoms with Crippen molar-refractivity contribution in [3.8, 4) is 56.5 Å². The molecule has 3 aromatic heterocycles. The van der Waals surface area contributed by atoms with E-state index in [4.69, 9.17) is 4.98 Å². The molecule has 0 aliphatic heterocycles. The molecule has 5 rings (SSSR count). The quantitative estimate of drug-likeness (QED) is 0.332. The van der Waals surface area contributed by atoms with E-state index >= 15 is 0 Å². The molecule has 0 unspecified atom stereocenters. The Morgan fingerprint density at radius 1 is 0.545 bits per heavy atom. The van der Waals surface area contributed by atoms with E-state index in [9.17, 15) is 10.2 Å². The van der Waals surface area contributed by atoms with E-state index in [1.165, 1.54) is 12.1 Å². The number of nitrogens with zero attached hydrogens (tertiary/aromatic N) is 3. The first-order valence-electron chi connectivity index (χ1n) is 10.2. The first-order chi connectivity index (χ1) is 16.1. The lowest BCUT2D eigenvalue weighted by molar-refractivity contribution is -0.317. The molecule has 0 atom stereocenters. The molecule has 33 heavy (non-hydrogen) atoms. The van der Waals surface area contributed by atoms with Gasteiger partial charge < -0.3 is 10.2 Å². The molecule has 0 amide bonds. The zero-order chi connectivity index (χ0) is 22.8. The van der Waals surface area contributed by atoms with Gasteiger partial charge in [0.15, 0.2) is 0 Å². The summed E-state index contributed by atoms with van der Waals surface area (Å²) in [6.07, 6.45) is 3.49. The van der Waals surface area contributed by atoms with Crippen LogP contribution in [-0.4, -0.2) is 15.0 Å². The SMILES string of the molecule is [O-]c1cc(Br)c(-c2ccc(-c3cc(-c4ccccn4)nc(-c4ccccn4)c3)cc2)cc1[O-]. The molecule has 3 heterocycles. The van der Waals surface area contributed by atoms with Crippen LogP contribution in [0, 0.1) is 0 Å². The molecule has 2 aromatic carbocycles. The van der Waals surface area contributed by atoms with Crippen molar-refractivity contribution < 1.29 is 10.2 Å². The lowest BCUT2D eigenvalue weighted by Crippen LogP contribution is -1.99. The Morgan fingerprint density at radius 3 is 1.64 bits per heavy atom. The number of aromatic nitrogens is 3. The maximum absolute atomic E-state index is 11.8. The molecule has 6 heteroatoms. The van der Waals surface area contributed by atoms with Crippen LogP contribution in [0.3, 0.4) is 0 Å². The predicted molar refractivity (Wildman–Crippen MR) is 128 cm³/mol. The molecule has 0 aliphatic carbocycles. The topological polar surface area (TPSA) is 84.8 Å². The lowest BCUT2D eigenvalue weighted by atomic mass is 9.98. The Morgan fingerprint density at radius 2 is 1.09 bits per heavy atom. The van der Waals surface area contributed by atoms with Crippen LogP contribution < -0.4 is 10.2 Å². The number of rotatable bonds is 4. The van der Waals surface area contributed by atoms with Gasteiger partial charge in [0.1, 0.15) is 0 Å². The monoisotopic (exact) mass is 493 g/mol. The van der Waals surface area contributed by atoms with Crippen molar-refractivity contribution in [1.29, 1.82) is 0 Å². The summed E-state index contributed by atoms with van der Waals surface area (Å²) in [6, 6.07) is 26.0. The summed E-state index contributed by atoms with van der Waals surface area (Å²) >= 11 is 3.39. The molecule has 5 nitrogen and oxygen atoms in total. The fraction of sp³-hybridized carbons (Fsp3) is 0. The normalized spacial score (nSPS) is 10.8. The summed E-state index contributed by atoms with van der Waals surface area (Å²) in [6.45, 7) is 0. The standard InChI is InChI=1S/C27H18BrN3O2/c28-21-16-27(33)26(32)15-20(21)18-9-7-17(8-10-18)19-13-24(22-5-1-3-11-29-22)31-25(14-19)23-6-2-4-12-30-23/h1-16,32-33H/p-2. The average molecular weight is 494 g/mol. The number of hydrogen-bond donors (Lipinski definition) is 0. The first kappa shape index (κ1) is 20.8. The van der Waals surface area contributed by atoms with Crippen LogP contribution >= 0.6 is 15.9 Å². The number of halogens is 1. The van der Waals surface area contributed by atoms with Crippen molar-refractivity contribution in [2.24, 2.45) is 0 Å². The molecule has 0 saturated heterocycles. The third-order valence-electron chi connectivity index (χ3n) is 5.24. The molecule has 160 valence electrons. The van der Waals surface area contributed by atoms with E-state index in [0.29, 0.717) is 10.0 Å². The zero-order valence-electron chi connectivity index (χ0n) is 17.3. The summed E-state index contributed by atoms with van der Waals surface area (Å²) in [5.41, 5.74) is 6.53. The van der Waals surface area contributed by atoms with Crippen LogP contribution in [0.1, 0.15) is 0 Å². The summed E-state index contributed by atoms with van der Waals surface area (Å²) in [5.74, 6) is -1.05. The Labute approximate surface area is 199 Å². The third kappa shape index (κ3) is 4.33. The van der Waals surface area contributed by atoms with Gasteiger partial charge in [-0.2, -0.15) is 0 Å². The second kappa shape index (κ2) is 8.84. The van der Waals surface area contributed by atoms with Crippen molar-refractivity contribution in [2.45, 2.75) is 0 Å². The van der Waals surface area contributed by atoms with Crippen LogP contribution in [0.4, 0.5) is 0 Å². The lowest BCUT2D eigenvalue weighted by Gasteiger charge is -2.20. The molecular weight excluding hydrogens is 478 g/mol. The zero-order valence-corrected chi connectivity index (χ0v) is 18.9. The van der Waals surface area contributed by atoms with Crippen LogP contribution in [0.15, 0.2) is 102 Å². The number of benzene rings is 2. The molecule has 0 fully saturated rings. The van der Waals surface area contributed by atoms with Gasteiger partial charge >= 0.3 is 0 Å². The van der Waals surface area contributed by atoms with Crippen molar-refractivity contribution in [1.82, 2.24) is 15.0 Å². The van der Waals surface area contributed by atoms with Gasteiger partial charge in [-0.3, -0.25) is 9.97 Å². The third-order valence-corrected chi connectivity index (χ3v) is 5.90. The van der Waals surface area contributed by atoms with E-state index < -0.39 is 11.5 Å². The highest BCUT2D eigenvalue weighted by Gasteiger charge is 2.11. The highest BCUT2D eigenvalue weighted by molar-refractivity contribution is 9.10. The van der Waals surface area contributed by atoms with E-state index in [0.717, 1.165) is 39.5 Å². The van der Waals surface area contributed by atoms with Gasteiger partial charge in [0.05, 0.1) is 22.8 Å². The first-order valence-corrected chi connectivity index (χ1v) is 11.0. The second-order valence-corrected chi connectivity index (χ2v) is 8.27. The molecule has 0 saturated carbocycles. The molecule has 0 aliphatic rings. The van der Waals surface area contributed by atoms with Crippen molar-refractivity contribution in [3.05, 3.63) is 102 Å². The minimum atomic E-state index is -0.525. The van der Waals surface area contributed by atoms with Crippen LogP contribution in [0.5, 0.6) is 11.5 Å². The molecule has 0 radical (unpaired) electrons. The van der Waals surface area contributed by atoms with Crippen LogP contribution in [0.2, 0.25) is 0 Å². The predicted octanol–water partition coefficient (Wildman–Crippen LogP) is 5.45. The smallest absolute Gasteiger partial charge is 0.0900 e. The fourth-order valence-electron chi connectivity index (χ4n) is 3.59. The molecule has 5 aromatic rings. The Bertz CT molecular complexity index is 1370. The van der Waals surface area contributed by atoms with E-state index in [1.54, 1.807) is 12.4 Å². The molecular formula is C27H16BrN3O2-2. The summed E-state index contributed by atoms with van der Waals surface area (Å²) < 4.78 is 0.596. The van der Waals surface area contributed by atoms with E-state index in [-0.39, 0.29) is 0 Å². The Balaban J connectivity index is 1.59. The van der Waals surface area contributed by atoms with Gasteiger partial charge in [-0.05, 0) is 58.7 Å². The highest BCUT2D eigenvalue weighted by atomic mass is 79.9. The largest absolute Gasteiger partial charge is 0.873 e. The van der Waals surface area contributed by atoms with Crippen molar-refractivity contribution in [3.63, 3.8) is 0 Å². The molecule has 0 bridgehead atoms. The summed E-state index contributed by atoms with van der Waals surface area (Å²) in [7, 11) is 0. The van der Waals surface area contributed by atoms with E-state index in [2.05, 4.69) is 25.9 Å². The Hall–Kier alpha value is -4.03. The maximum atomic E-state index is 11.8. The van der Waals surface area contributed by atoms with Crippen molar-refractivity contribution in [2.75, 3.05) is 0 Å². The minimum Gasteiger partial charge on any atom is -0.873 e. The second-order valence-electron chi connectivity index (χ2n) is 7.41. The molecule has 0 N–H and O–H groups in total. The number of pyridine rings is 3. The van der Waals surface area contributed by atoms with Crippen LogP contribution in [0.25, 0.3) is 45.0 Å². The average Bonchev–Trinajstić information content (AvgIpc) is 2.87. The van der Waals surface area contributed by atoms with Gasteiger partial charge in [-0.25, -0.2) is 4.98 Å². The minimum absolute atomic E-state index is 0.522. The van der Waals surface area contributed by atoms with Crippen molar-refractivity contribution >= 4 is 15.9 Å². The van der Waals surface area contributed by atoms with Gasteiger partial charge in [0, 0.05) is 16.9 Å². The van der Waals surface area contributed by atoms with Crippen LogP contribution in [-0.2, 0) is 0 Å².